The van der Waals surface area contributed by atoms with Crippen LogP contribution in [0.25, 0.3) is 0 Å². The zero-order valence-corrected chi connectivity index (χ0v) is 62.6. The largest absolute Gasteiger partial charge is 1.00 e. The molecule has 13 heteroatoms. The van der Waals surface area contributed by atoms with Gasteiger partial charge < -0.3 is 45.8 Å². The molecule has 2 unspecified atom stereocenters. The van der Waals surface area contributed by atoms with E-state index in [9.17, 15) is 14.3 Å². The molecule has 6 aromatic carbocycles. The molecule has 7 nitrogen and oxygen atoms in total. The van der Waals surface area contributed by atoms with Crippen molar-refractivity contribution in [2.45, 2.75) is 143 Å². The summed E-state index contributed by atoms with van der Waals surface area (Å²) in [5, 5.41) is 19.8. The number of hydrogen-bond donors (Lipinski definition) is 0. The van der Waals surface area contributed by atoms with Crippen LogP contribution in [-0.2, 0) is 28.5 Å². The molecule has 3 saturated heterocycles. The van der Waals surface area contributed by atoms with Gasteiger partial charge in [-0.2, -0.15) is 0 Å². The molecule has 0 aromatic heterocycles. The van der Waals surface area contributed by atoms with Crippen LogP contribution in [0.3, 0.4) is 0 Å². The summed E-state index contributed by atoms with van der Waals surface area (Å²) in [5.74, 6) is 0.0548. The number of hydrogen-bond acceptors (Lipinski definition) is 7. The Morgan fingerprint density at radius 1 is 0.596 bits per heavy atom. The molecule has 3 fully saturated rings. The number of ether oxygens (including phenoxy) is 5. The topological polar surface area (TPSA) is 86.3 Å². The van der Waals surface area contributed by atoms with Gasteiger partial charge in [-0.1, -0.05) is 212 Å². The Bertz CT molecular complexity index is 2440. The Morgan fingerprint density at radius 2 is 0.933 bits per heavy atom. The molecular formula is C76H104Br2FKO7P2. The molecule has 9 rings (SSSR count). The van der Waals surface area contributed by atoms with Crippen molar-refractivity contribution in [3.63, 3.8) is 0 Å². The van der Waals surface area contributed by atoms with Crippen LogP contribution in [0.2, 0.25) is 0 Å². The predicted octanol–water partition coefficient (Wildman–Crippen LogP) is 10.8. The van der Waals surface area contributed by atoms with Crippen LogP contribution in [-0.4, -0.2) is 82.3 Å². The quantitative estimate of drug-likeness (QED) is 0.0220. The van der Waals surface area contributed by atoms with Gasteiger partial charge in [0.15, 0.2) is 18.4 Å². The Morgan fingerprint density at radius 3 is 1.22 bits per heavy atom. The molecule has 482 valence electrons. The summed E-state index contributed by atoms with van der Waals surface area (Å²) in [6.07, 6.45) is 25.0. The summed E-state index contributed by atoms with van der Waals surface area (Å²) in [6.45, 7) is 24.2. The van der Waals surface area contributed by atoms with Crippen LogP contribution in [0, 0.1) is 0 Å². The molecule has 0 amide bonds. The van der Waals surface area contributed by atoms with Crippen LogP contribution < -0.4 is 105 Å². The maximum absolute atomic E-state index is 10.5. The van der Waals surface area contributed by atoms with Crippen LogP contribution in [0.5, 0.6) is 0 Å². The number of unbranched alkanes of at least 4 members (excludes halogenated alkanes) is 3. The monoisotopic (exact) mass is 1410 g/mol. The molecule has 3 aliphatic heterocycles. The standard InChI is InChI=1S/C23H24P.C18H15P.C13H22O2.C8H14O3.C5H9Br.C4H8O.C4H9O.CH3F.BrH.K/c1-2-3-13-20-24(21-14-7-4-8-15-21,22-16-9-5-10-17-22)23-18-11-6-12-19-23;1-4-10-16(11-5-1)19(17-12-6-2-7-13-17)18-14-8-3-9-15-18;1-3-4-5-8-12(2)11-15-13-9-6-7-10-14-13;1-7(9)6-11-8-4-2-3-5-10-8;1-2-3-4-5-6;1-2-4-5-3-1;1-4(2,3)5;1-2;;/h2,4-12,14-19H,1,3,13,20H2;1-15H;3,8,13H,1,4-7,9-11H2,2H3;8H,2-6H2,1H3;2H,1,3-5H2;1-4H2;1-3H3;1H3;1H;/q+1;;;;;;-1;;;+1/p-1/i;;;;;;;1D;;. The molecule has 89 heavy (non-hydrogen) atoms. The number of alkyl halides is 2. The second kappa shape index (κ2) is 56.6. The number of ketones is 1. The Labute approximate surface area is 603 Å². The minimum Gasteiger partial charge on any atom is -1.00 e. The van der Waals surface area contributed by atoms with E-state index in [4.69, 9.17) is 25.1 Å². The van der Waals surface area contributed by atoms with Gasteiger partial charge in [-0.15, -0.1) is 25.3 Å². The summed E-state index contributed by atoms with van der Waals surface area (Å²) in [7, 11) is -3.08. The molecule has 3 aliphatic rings. The third-order valence-corrected chi connectivity index (χ3v) is 20.5. The summed E-state index contributed by atoms with van der Waals surface area (Å²) in [6, 6.07) is 65.5. The van der Waals surface area contributed by atoms with Gasteiger partial charge in [-0.3, -0.25) is 9.18 Å². The minimum absolute atomic E-state index is 0. The number of carbonyl (C=O) groups excluding carboxylic acids is 1. The molecule has 0 radical (unpaired) electrons. The van der Waals surface area contributed by atoms with Crippen LogP contribution in [0.1, 0.15) is 126 Å². The molecule has 3 heterocycles. The van der Waals surface area contributed by atoms with Crippen molar-refractivity contribution in [2.75, 3.05) is 58.3 Å². The van der Waals surface area contributed by atoms with Crippen LogP contribution in [0.4, 0.5) is 4.39 Å². The van der Waals surface area contributed by atoms with Crippen molar-refractivity contribution in [1.82, 2.24) is 0 Å². The average molecular weight is 1410 g/mol. The van der Waals surface area contributed by atoms with Crippen LogP contribution in [0.15, 0.2) is 232 Å². The number of Topliss-reactive ketones (excluding diaryl/α,β-unsaturated/α-hetero) is 1. The maximum atomic E-state index is 10.5. The van der Waals surface area contributed by atoms with Gasteiger partial charge in [0.25, 0.3) is 0 Å². The molecule has 0 aliphatic carbocycles. The van der Waals surface area contributed by atoms with E-state index in [2.05, 4.69) is 231 Å². The summed E-state index contributed by atoms with van der Waals surface area (Å²) >= 11 is 3.30. The van der Waals surface area contributed by atoms with E-state index in [0.29, 0.717) is 6.61 Å². The van der Waals surface area contributed by atoms with Crippen molar-refractivity contribution in [3.05, 3.63) is 232 Å². The number of halogens is 3. The molecule has 2 atom stereocenters. The zero-order valence-electron chi connectivity index (χ0n) is 55.6. The van der Waals surface area contributed by atoms with Crippen molar-refractivity contribution >= 4 is 68.7 Å². The minimum atomic E-state index is -1.63. The molecule has 0 bridgehead atoms. The summed E-state index contributed by atoms with van der Waals surface area (Å²) < 4.78 is 42.0. The normalized spacial score (nSPS) is 15.0. The van der Waals surface area contributed by atoms with Crippen molar-refractivity contribution < 1.29 is 108 Å². The van der Waals surface area contributed by atoms with E-state index in [1.165, 1.54) is 82.6 Å². The molecule has 0 spiro atoms. The van der Waals surface area contributed by atoms with Gasteiger partial charge in [-0.05, 0) is 164 Å². The van der Waals surface area contributed by atoms with Gasteiger partial charge in [0.05, 0.1) is 21.3 Å². The van der Waals surface area contributed by atoms with Crippen molar-refractivity contribution in [1.29, 1.82) is 0 Å². The smallest absolute Gasteiger partial charge is 1.00 e. The van der Waals surface area contributed by atoms with E-state index in [1.807, 2.05) is 18.2 Å². The van der Waals surface area contributed by atoms with Crippen LogP contribution >= 0.6 is 31.1 Å². The fourth-order valence-corrected chi connectivity index (χ4v) is 15.9. The number of allylic oxidation sites excluding steroid dienone is 4. The third kappa shape index (κ3) is 40.7. The van der Waals surface area contributed by atoms with Gasteiger partial charge in [0, 0.05) is 31.8 Å². The van der Waals surface area contributed by atoms with E-state index in [1.54, 1.807) is 20.8 Å². The number of rotatable bonds is 22. The van der Waals surface area contributed by atoms with E-state index in [-0.39, 0.29) is 93.3 Å². The number of carbonyl (C=O) groups is 1. The van der Waals surface area contributed by atoms with Gasteiger partial charge in [0.1, 0.15) is 29.8 Å². The van der Waals surface area contributed by atoms with E-state index in [0.717, 1.165) is 89.5 Å². The first-order valence-corrected chi connectivity index (χ1v) is 35.3. The first-order chi connectivity index (χ1) is 42.8. The zero-order chi connectivity index (χ0) is 64.2. The Balaban J connectivity index is 0.00000108. The van der Waals surface area contributed by atoms with Gasteiger partial charge >= 0.3 is 51.4 Å². The fraction of sp³-hybridized carbons (Fsp3) is 0.408. The maximum Gasteiger partial charge on any atom is 1.00 e. The predicted molar refractivity (Wildman–Crippen MR) is 378 cm³/mol. The van der Waals surface area contributed by atoms with Crippen molar-refractivity contribution in [3.8, 4) is 0 Å². The van der Waals surface area contributed by atoms with E-state index >= 15 is 0 Å². The number of benzene rings is 6. The summed E-state index contributed by atoms with van der Waals surface area (Å²) in [5.41, 5.74) is 0.533. The second-order valence-electron chi connectivity index (χ2n) is 21.7. The second-order valence-corrected chi connectivity index (χ2v) is 28.3. The summed E-state index contributed by atoms with van der Waals surface area (Å²) in [4.78, 5) is 10.5. The molecule has 6 aromatic rings. The Kier molecular flexibility index (Phi) is 53.5. The van der Waals surface area contributed by atoms with E-state index < -0.39 is 27.9 Å². The SMILES string of the molecule is C1CCOC1.C=CCCC=C(C)COC1CCCCO1.C=CCCCBr.C=CCCC[P+](c1ccccc1)(c1ccccc1)c1ccccc1.CC(=O)COC1CCCCO1.CC(C)(C)[O-].[2H]CF.[Br-].[K+].c1ccc(P(c2ccccc2)c2ccccc2)cc1. The van der Waals surface area contributed by atoms with Gasteiger partial charge in [0.2, 0.25) is 0 Å². The first kappa shape index (κ1) is 84.1. The first-order valence-electron chi connectivity index (χ1n) is 31.6. The Hall–Kier alpha value is -2.90. The van der Waals surface area contributed by atoms with Gasteiger partial charge in [-0.25, -0.2) is 0 Å². The van der Waals surface area contributed by atoms with Crippen molar-refractivity contribution in [2.24, 2.45) is 0 Å². The molecule has 0 saturated carbocycles. The fourth-order valence-electron chi connectivity index (χ4n) is 8.89. The third-order valence-electron chi connectivity index (χ3n) is 13.0. The molecule has 0 N–H and O–H groups in total. The molecular weight excluding hydrogens is 1300 g/mol. The average Bonchev–Trinajstić information content (AvgIpc) is 0.823.